The van der Waals surface area contributed by atoms with Gasteiger partial charge in [-0.2, -0.15) is 0 Å². The molecular weight excluding hydrogens is 717 g/mol. The molecule has 0 saturated carbocycles. The Balaban J connectivity index is 1.15. The Kier molecular flexibility index (Phi) is 11.8. The minimum atomic E-state index is -0.983. The number of hydrogen-bond acceptors (Lipinski definition) is 6. The first-order valence-corrected chi connectivity index (χ1v) is 20.7. The minimum absolute atomic E-state index is 0.0344. The molecule has 3 aromatic carbocycles. The molecule has 2 aliphatic heterocycles. The second-order valence-electron chi connectivity index (χ2n) is 16.3. The Morgan fingerprint density at radius 1 is 0.895 bits per heavy atom. The van der Waals surface area contributed by atoms with Crippen LogP contribution in [0.1, 0.15) is 120 Å². The largest absolute Gasteiger partial charge is 0.453 e. The standard InChI is InChI=1S/C46H56N6O5/c1-6-21-46(22-7-2)35-26-31(37-28-47-42(49-37)38-15-11-23-51(38)40(53)25-29(3)4)17-19-33(35)34-20-18-32(27-36(34)46)48-43(54)39-16-12-24-52(39)44(55)41(50-45(56)57-5)30-13-9-8-10-14-30/h8-10,13-14,17-20,26-29,38-39,41H,6-7,11-12,15-16,21-25H2,1-5H3,(H,47,49)(H,48,54)(H,50,56)/t38-,39-,41+/m0/s1. The van der Waals surface area contributed by atoms with Crippen molar-refractivity contribution >= 4 is 29.5 Å². The molecule has 1 aromatic heterocycles. The zero-order valence-electron chi connectivity index (χ0n) is 33.9. The van der Waals surface area contributed by atoms with E-state index in [0.29, 0.717) is 43.0 Å². The first kappa shape index (κ1) is 39.8. The monoisotopic (exact) mass is 772 g/mol. The molecule has 11 heteroatoms. The molecule has 4 amide bonds. The van der Waals surface area contributed by atoms with E-state index in [0.717, 1.165) is 62.2 Å². The minimum Gasteiger partial charge on any atom is -0.453 e. The first-order chi connectivity index (χ1) is 27.6. The summed E-state index contributed by atoms with van der Waals surface area (Å²) < 4.78 is 4.83. The van der Waals surface area contributed by atoms with E-state index in [1.165, 1.54) is 29.4 Å². The summed E-state index contributed by atoms with van der Waals surface area (Å²) in [6, 6.07) is 20.2. The van der Waals surface area contributed by atoms with Crippen molar-refractivity contribution in [2.75, 3.05) is 25.5 Å². The molecule has 3 aliphatic rings. The van der Waals surface area contributed by atoms with Crippen LogP contribution in [-0.4, -0.2) is 69.8 Å². The molecule has 2 fully saturated rings. The lowest BCUT2D eigenvalue weighted by molar-refractivity contribution is -0.138. The summed E-state index contributed by atoms with van der Waals surface area (Å²) in [6.45, 7) is 9.79. The SMILES string of the molecule is CCCC1(CCC)c2cc(NC(=O)[C@@H]3CCCN3C(=O)[C@H](NC(=O)OC)c3ccccc3)ccc2-c2ccc(-c3cnc([C@@H]4CCCN4C(=O)CC(C)C)[nH]3)cc21. The van der Waals surface area contributed by atoms with E-state index < -0.39 is 18.2 Å². The number of aromatic nitrogens is 2. The lowest BCUT2D eigenvalue weighted by Crippen LogP contribution is -2.48. The molecule has 0 bridgehead atoms. The van der Waals surface area contributed by atoms with Crippen molar-refractivity contribution in [3.05, 3.63) is 95.4 Å². The number of methoxy groups -OCH3 is 1. The second kappa shape index (κ2) is 17.0. The average molecular weight is 773 g/mol. The molecular formula is C46H56N6O5. The van der Waals surface area contributed by atoms with Crippen LogP contribution >= 0.6 is 0 Å². The molecule has 4 aromatic rings. The van der Waals surface area contributed by atoms with Gasteiger partial charge in [-0.15, -0.1) is 0 Å². The van der Waals surface area contributed by atoms with Crippen molar-refractivity contribution in [3.63, 3.8) is 0 Å². The van der Waals surface area contributed by atoms with Gasteiger partial charge in [0.1, 0.15) is 17.9 Å². The van der Waals surface area contributed by atoms with Crippen LogP contribution < -0.4 is 10.6 Å². The fraction of sp³-hybridized carbons (Fsp3) is 0.457. The molecule has 7 rings (SSSR count). The topological polar surface area (TPSA) is 137 Å². The second-order valence-corrected chi connectivity index (χ2v) is 16.3. The van der Waals surface area contributed by atoms with Gasteiger partial charge < -0.3 is 30.2 Å². The molecule has 3 heterocycles. The van der Waals surface area contributed by atoms with Crippen molar-refractivity contribution in [2.45, 2.75) is 109 Å². The molecule has 2 saturated heterocycles. The molecule has 11 nitrogen and oxygen atoms in total. The number of benzene rings is 3. The summed E-state index contributed by atoms with van der Waals surface area (Å²) in [6.07, 6.45) is 8.67. The maximum atomic E-state index is 14.1. The van der Waals surface area contributed by atoms with Crippen molar-refractivity contribution in [1.82, 2.24) is 25.1 Å². The lowest BCUT2D eigenvalue weighted by Gasteiger charge is -2.32. The van der Waals surface area contributed by atoms with Crippen molar-refractivity contribution in [1.29, 1.82) is 0 Å². The quantitative estimate of drug-likeness (QED) is 0.124. The van der Waals surface area contributed by atoms with Gasteiger partial charge in [-0.05, 0) is 96.0 Å². The van der Waals surface area contributed by atoms with Gasteiger partial charge in [-0.1, -0.05) is 89.1 Å². The highest BCUT2D eigenvalue weighted by Gasteiger charge is 2.43. The van der Waals surface area contributed by atoms with Crippen molar-refractivity contribution in [2.24, 2.45) is 5.92 Å². The van der Waals surface area contributed by atoms with Gasteiger partial charge in [0, 0.05) is 30.6 Å². The Hall–Kier alpha value is -5.45. The molecule has 300 valence electrons. The number of anilines is 1. The van der Waals surface area contributed by atoms with E-state index in [1.807, 2.05) is 35.4 Å². The van der Waals surface area contributed by atoms with Crippen LogP contribution in [-0.2, 0) is 24.5 Å². The number of carbonyl (C=O) groups is 4. The highest BCUT2D eigenvalue weighted by molar-refractivity contribution is 5.99. The van der Waals surface area contributed by atoms with E-state index in [9.17, 15) is 19.2 Å². The van der Waals surface area contributed by atoms with Crippen LogP contribution in [0.5, 0.6) is 0 Å². The van der Waals surface area contributed by atoms with Crippen LogP contribution in [0, 0.1) is 5.92 Å². The maximum Gasteiger partial charge on any atom is 0.407 e. The Labute approximate surface area is 336 Å². The number of aromatic amines is 1. The number of fused-ring (bicyclic) bond motifs is 3. The van der Waals surface area contributed by atoms with Gasteiger partial charge in [0.05, 0.1) is 25.0 Å². The van der Waals surface area contributed by atoms with Crippen LogP contribution in [0.2, 0.25) is 0 Å². The number of hydrogen-bond donors (Lipinski definition) is 3. The van der Waals surface area contributed by atoms with Crippen LogP contribution in [0.3, 0.4) is 0 Å². The molecule has 0 unspecified atom stereocenters. The summed E-state index contributed by atoms with van der Waals surface area (Å²) in [7, 11) is 1.26. The highest BCUT2D eigenvalue weighted by atomic mass is 16.5. The number of nitrogens with zero attached hydrogens (tertiary/aromatic N) is 3. The normalized spacial score (nSPS) is 18.6. The Bertz CT molecular complexity index is 2100. The molecule has 3 atom stereocenters. The first-order valence-electron chi connectivity index (χ1n) is 20.7. The summed E-state index contributed by atoms with van der Waals surface area (Å²) in [5, 5.41) is 5.85. The van der Waals surface area contributed by atoms with E-state index in [1.54, 1.807) is 17.0 Å². The van der Waals surface area contributed by atoms with Gasteiger partial charge in [-0.25, -0.2) is 9.78 Å². The number of alkyl carbamates (subject to hydrolysis) is 1. The number of imidazole rings is 1. The number of H-pyrrole nitrogens is 1. The van der Waals surface area contributed by atoms with Gasteiger partial charge in [0.25, 0.3) is 5.91 Å². The van der Waals surface area contributed by atoms with E-state index in [-0.39, 0.29) is 29.2 Å². The van der Waals surface area contributed by atoms with Crippen molar-refractivity contribution in [3.8, 4) is 22.4 Å². The number of nitrogens with one attached hydrogen (secondary N) is 3. The summed E-state index contributed by atoms with van der Waals surface area (Å²) in [5.41, 5.74) is 7.92. The number of carbonyl (C=O) groups excluding carboxylic acids is 4. The van der Waals surface area contributed by atoms with Gasteiger partial charge >= 0.3 is 6.09 Å². The maximum absolute atomic E-state index is 14.1. The molecule has 0 spiro atoms. The molecule has 57 heavy (non-hydrogen) atoms. The van der Waals surface area contributed by atoms with Crippen LogP contribution in [0.4, 0.5) is 10.5 Å². The van der Waals surface area contributed by atoms with Gasteiger partial charge in [0.15, 0.2) is 0 Å². The molecule has 3 N–H and O–H groups in total. The Morgan fingerprint density at radius 2 is 1.58 bits per heavy atom. The predicted octanol–water partition coefficient (Wildman–Crippen LogP) is 8.68. The van der Waals surface area contributed by atoms with E-state index >= 15 is 0 Å². The summed E-state index contributed by atoms with van der Waals surface area (Å²) in [4.78, 5) is 65.4. The average Bonchev–Trinajstić information content (AvgIpc) is 4.03. The molecule has 1 aliphatic carbocycles. The smallest absolute Gasteiger partial charge is 0.407 e. The summed E-state index contributed by atoms with van der Waals surface area (Å²) >= 11 is 0. The lowest BCUT2D eigenvalue weighted by atomic mass is 9.71. The van der Waals surface area contributed by atoms with Crippen LogP contribution in [0.25, 0.3) is 22.4 Å². The van der Waals surface area contributed by atoms with Crippen molar-refractivity contribution < 1.29 is 23.9 Å². The fourth-order valence-corrected chi connectivity index (χ4v) is 9.53. The van der Waals surface area contributed by atoms with Gasteiger partial charge in [-0.3, -0.25) is 14.4 Å². The zero-order chi connectivity index (χ0) is 40.3. The van der Waals surface area contributed by atoms with E-state index in [4.69, 9.17) is 9.72 Å². The van der Waals surface area contributed by atoms with Gasteiger partial charge in [0.2, 0.25) is 11.8 Å². The number of rotatable bonds is 13. The number of ether oxygens (including phenoxy) is 1. The Morgan fingerprint density at radius 3 is 2.28 bits per heavy atom. The third-order valence-electron chi connectivity index (χ3n) is 12.0. The third kappa shape index (κ3) is 7.81. The zero-order valence-corrected chi connectivity index (χ0v) is 33.9. The van der Waals surface area contributed by atoms with Crippen LogP contribution in [0.15, 0.2) is 72.9 Å². The molecule has 0 radical (unpaired) electrons. The highest BCUT2D eigenvalue weighted by Crippen LogP contribution is 2.55. The number of likely N-dealkylation sites (tertiary alicyclic amines) is 2. The predicted molar refractivity (Wildman–Crippen MR) is 221 cm³/mol. The summed E-state index contributed by atoms with van der Waals surface area (Å²) in [5.74, 6) is 0.750. The fourth-order valence-electron chi connectivity index (χ4n) is 9.53. The third-order valence-corrected chi connectivity index (χ3v) is 12.0. The number of amides is 4. The van der Waals surface area contributed by atoms with E-state index in [2.05, 4.69) is 73.6 Å².